The van der Waals surface area contributed by atoms with Crippen molar-refractivity contribution in [2.45, 2.75) is 33.2 Å². The Morgan fingerprint density at radius 3 is 2.53 bits per heavy atom. The van der Waals surface area contributed by atoms with Gasteiger partial charge in [-0.1, -0.05) is 51.1 Å². The number of fused-ring (bicyclic) bond motifs is 1. The van der Waals surface area contributed by atoms with Crippen LogP contribution in [-0.4, -0.2) is 34.8 Å². The van der Waals surface area contributed by atoms with Gasteiger partial charge in [-0.25, -0.2) is 0 Å². The average molecular weight is 434 g/mol. The SMILES string of the molecule is CCCN1C(=O)C(O)=C(C(=O)c2cc3ccccc3o2)C1c1ccc(OCC(C)C)cc1. The largest absolute Gasteiger partial charge is 0.503 e. The Hall–Kier alpha value is -3.54. The standard InChI is InChI=1S/C26H27NO5/c1-4-13-27-23(17-9-11-19(12-10-17)31-15-16(2)3)22(25(29)26(27)30)24(28)21-14-18-7-5-6-8-20(18)32-21/h5-12,14,16,23,29H,4,13,15H2,1-3H3. The lowest BCUT2D eigenvalue weighted by atomic mass is 9.95. The molecule has 1 aromatic heterocycles. The summed E-state index contributed by atoms with van der Waals surface area (Å²) in [6, 6.07) is 15.6. The van der Waals surface area contributed by atoms with E-state index >= 15 is 0 Å². The minimum atomic E-state index is -0.692. The molecule has 4 rings (SSSR count). The zero-order valence-corrected chi connectivity index (χ0v) is 18.5. The fourth-order valence-electron chi connectivity index (χ4n) is 3.94. The topological polar surface area (TPSA) is 80.0 Å². The summed E-state index contributed by atoms with van der Waals surface area (Å²) in [6.45, 7) is 7.11. The van der Waals surface area contributed by atoms with E-state index in [0.717, 1.165) is 10.9 Å². The Morgan fingerprint density at radius 2 is 1.88 bits per heavy atom. The summed E-state index contributed by atoms with van der Waals surface area (Å²) in [5.41, 5.74) is 1.35. The number of furan rings is 1. The third-order valence-corrected chi connectivity index (χ3v) is 5.44. The van der Waals surface area contributed by atoms with Crippen LogP contribution in [0.5, 0.6) is 5.75 Å². The van der Waals surface area contributed by atoms with E-state index in [0.29, 0.717) is 36.8 Å². The number of rotatable bonds is 8. The van der Waals surface area contributed by atoms with Gasteiger partial charge in [-0.15, -0.1) is 0 Å². The number of Topliss-reactive ketones (excluding diaryl/α,β-unsaturated/α-hetero) is 1. The van der Waals surface area contributed by atoms with Gasteiger partial charge in [0, 0.05) is 11.9 Å². The summed E-state index contributed by atoms with van der Waals surface area (Å²) in [4.78, 5) is 27.8. The third-order valence-electron chi connectivity index (χ3n) is 5.44. The van der Waals surface area contributed by atoms with Crippen molar-refractivity contribution in [2.75, 3.05) is 13.2 Å². The molecule has 1 aliphatic rings. The van der Waals surface area contributed by atoms with Crippen molar-refractivity contribution >= 4 is 22.7 Å². The summed E-state index contributed by atoms with van der Waals surface area (Å²) in [5.74, 6) is -0.343. The lowest BCUT2D eigenvalue weighted by Crippen LogP contribution is -2.31. The molecule has 0 spiro atoms. The Kier molecular flexibility index (Phi) is 6.04. The molecule has 1 amide bonds. The van der Waals surface area contributed by atoms with E-state index in [1.165, 1.54) is 4.90 Å². The molecule has 32 heavy (non-hydrogen) atoms. The van der Waals surface area contributed by atoms with Crippen LogP contribution in [0.1, 0.15) is 49.4 Å². The number of hydrogen-bond acceptors (Lipinski definition) is 5. The molecule has 6 nitrogen and oxygen atoms in total. The number of ketones is 1. The first-order valence-corrected chi connectivity index (χ1v) is 10.9. The van der Waals surface area contributed by atoms with Gasteiger partial charge in [0.05, 0.1) is 18.2 Å². The summed E-state index contributed by atoms with van der Waals surface area (Å²) >= 11 is 0. The van der Waals surface area contributed by atoms with Gasteiger partial charge in [0.1, 0.15) is 11.3 Å². The molecule has 6 heteroatoms. The lowest BCUT2D eigenvalue weighted by molar-refractivity contribution is -0.129. The van der Waals surface area contributed by atoms with Gasteiger partial charge in [0.15, 0.2) is 11.5 Å². The predicted molar refractivity (Wildman–Crippen MR) is 122 cm³/mol. The molecule has 0 saturated carbocycles. The fraction of sp³-hybridized carbons (Fsp3) is 0.308. The van der Waals surface area contributed by atoms with Crippen molar-refractivity contribution in [3.8, 4) is 5.75 Å². The van der Waals surface area contributed by atoms with Gasteiger partial charge in [0.2, 0.25) is 5.78 Å². The minimum Gasteiger partial charge on any atom is -0.503 e. The van der Waals surface area contributed by atoms with E-state index in [4.69, 9.17) is 9.15 Å². The number of amides is 1. The molecule has 3 aromatic rings. The first-order chi connectivity index (χ1) is 15.4. The number of carbonyl (C=O) groups excluding carboxylic acids is 2. The van der Waals surface area contributed by atoms with Gasteiger partial charge in [0.25, 0.3) is 5.91 Å². The Bertz CT molecular complexity index is 1140. The van der Waals surface area contributed by atoms with Crippen molar-refractivity contribution in [3.05, 3.63) is 77.3 Å². The van der Waals surface area contributed by atoms with E-state index < -0.39 is 23.5 Å². The monoisotopic (exact) mass is 433 g/mol. The number of aliphatic hydroxyl groups excluding tert-OH is 1. The highest BCUT2D eigenvalue weighted by atomic mass is 16.5. The van der Waals surface area contributed by atoms with Gasteiger partial charge in [-0.3, -0.25) is 9.59 Å². The Labute approximate surface area is 187 Å². The van der Waals surface area contributed by atoms with Crippen LogP contribution in [-0.2, 0) is 4.79 Å². The zero-order valence-electron chi connectivity index (χ0n) is 18.5. The van der Waals surface area contributed by atoms with Crippen molar-refractivity contribution in [1.29, 1.82) is 0 Å². The van der Waals surface area contributed by atoms with Crippen LogP contribution in [0.4, 0.5) is 0 Å². The molecule has 2 heterocycles. The van der Waals surface area contributed by atoms with Crippen LogP contribution in [0.25, 0.3) is 11.0 Å². The van der Waals surface area contributed by atoms with Crippen LogP contribution in [0.2, 0.25) is 0 Å². The summed E-state index contributed by atoms with van der Waals surface area (Å²) < 4.78 is 11.5. The second kappa shape index (κ2) is 8.91. The first kappa shape index (κ1) is 21.7. The van der Waals surface area contributed by atoms with Crippen LogP contribution in [0.3, 0.4) is 0 Å². The first-order valence-electron chi connectivity index (χ1n) is 10.9. The molecule has 1 N–H and O–H groups in total. The molecule has 0 fully saturated rings. The third kappa shape index (κ3) is 4.00. The molecule has 0 aliphatic carbocycles. The van der Waals surface area contributed by atoms with Crippen LogP contribution >= 0.6 is 0 Å². The van der Waals surface area contributed by atoms with Crippen LogP contribution < -0.4 is 4.74 Å². The molecule has 1 atom stereocenters. The van der Waals surface area contributed by atoms with Crippen molar-refractivity contribution in [3.63, 3.8) is 0 Å². The number of carbonyl (C=O) groups is 2. The number of para-hydroxylation sites is 1. The maximum Gasteiger partial charge on any atom is 0.290 e. The van der Waals surface area contributed by atoms with E-state index in [9.17, 15) is 14.7 Å². The lowest BCUT2D eigenvalue weighted by Gasteiger charge is -2.26. The normalized spacial score (nSPS) is 16.4. The molecule has 0 saturated heterocycles. The fourth-order valence-corrected chi connectivity index (χ4v) is 3.94. The number of aliphatic hydroxyl groups is 1. The number of hydrogen-bond donors (Lipinski definition) is 1. The number of benzene rings is 2. The molecule has 1 unspecified atom stereocenters. The van der Waals surface area contributed by atoms with Crippen LogP contribution in [0.15, 0.2) is 70.3 Å². The minimum absolute atomic E-state index is 0.0401. The second-order valence-electron chi connectivity index (χ2n) is 8.41. The highest BCUT2D eigenvalue weighted by molar-refractivity contribution is 6.16. The average Bonchev–Trinajstić information content (AvgIpc) is 3.33. The van der Waals surface area contributed by atoms with E-state index in [1.807, 2.05) is 49.4 Å². The molecular formula is C26H27NO5. The summed E-state index contributed by atoms with van der Waals surface area (Å²) in [7, 11) is 0. The smallest absolute Gasteiger partial charge is 0.290 e. The van der Waals surface area contributed by atoms with Gasteiger partial charge in [-0.05, 0) is 42.2 Å². The molecule has 0 bridgehead atoms. The van der Waals surface area contributed by atoms with Gasteiger partial charge in [-0.2, -0.15) is 0 Å². The molecule has 166 valence electrons. The van der Waals surface area contributed by atoms with Crippen molar-refractivity contribution < 1.29 is 23.8 Å². The Morgan fingerprint density at radius 1 is 1.16 bits per heavy atom. The van der Waals surface area contributed by atoms with E-state index in [-0.39, 0.29) is 11.3 Å². The predicted octanol–water partition coefficient (Wildman–Crippen LogP) is 5.46. The molecular weight excluding hydrogens is 406 g/mol. The number of nitrogens with zero attached hydrogens (tertiary/aromatic N) is 1. The quantitative estimate of drug-likeness (QED) is 0.478. The summed E-state index contributed by atoms with van der Waals surface area (Å²) in [6.07, 6.45) is 0.692. The highest BCUT2D eigenvalue weighted by Crippen LogP contribution is 2.40. The molecule has 2 aromatic carbocycles. The maximum atomic E-state index is 13.4. The van der Waals surface area contributed by atoms with Gasteiger partial charge < -0.3 is 19.2 Å². The molecule has 1 aliphatic heterocycles. The van der Waals surface area contributed by atoms with E-state index in [2.05, 4.69) is 13.8 Å². The number of ether oxygens (including phenoxy) is 1. The highest BCUT2D eigenvalue weighted by Gasteiger charge is 2.44. The second-order valence-corrected chi connectivity index (χ2v) is 8.41. The van der Waals surface area contributed by atoms with Crippen molar-refractivity contribution in [1.82, 2.24) is 4.90 Å². The zero-order chi connectivity index (χ0) is 22.8. The van der Waals surface area contributed by atoms with E-state index in [1.54, 1.807) is 12.1 Å². The maximum absolute atomic E-state index is 13.4. The summed E-state index contributed by atoms with van der Waals surface area (Å²) in [5, 5.41) is 11.5. The van der Waals surface area contributed by atoms with Crippen molar-refractivity contribution in [2.24, 2.45) is 5.92 Å². The van der Waals surface area contributed by atoms with Gasteiger partial charge >= 0.3 is 0 Å². The van der Waals surface area contributed by atoms with Crippen LogP contribution in [0, 0.1) is 5.92 Å². The Balaban J connectivity index is 1.71. The molecule has 0 radical (unpaired) electrons.